The fourth-order valence-electron chi connectivity index (χ4n) is 2.73. The van der Waals surface area contributed by atoms with Gasteiger partial charge in [-0.3, -0.25) is 9.78 Å². The van der Waals surface area contributed by atoms with Crippen molar-refractivity contribution in [3.05, 3.63) is 77.1 Å². The lowest BCUT2D eigenvalue weighted by atomic mass is 10.2. The van der Waals surface area contributed by atoms with E-state index in [4.69, 9.17) is 16.3 Å². The number of pyridine rings is 1. The Morgan fingerprint density at radius 2 is 1.64 bits per heavy atom. The van der Waals surface area contributed by atoms with Gasteiger partial charge in [-0.05, 0) is 48.5 Å². The van der Waals surface area contributed by atoms with Gasteiger partial charge in [0.2, 0.25) is 5.91 Å². The van der Waals surface area contributed by atoms with Gasteiger partial charge < -0.3 is 20.7 Å². The van der Waals surface area contributed by atoms with Gasteiger partial charge in [0.1, 0.15) is 11.5 Å². The first-order valence-corrected chi connectivity index (χ1v) is 9.90. The molecule has 3 rings (SSSR count). The van der Waals surface area contributed by atoms with Crippen LogP contribution in [0.15, 0.2) is 60.8 Å². The normalized spacial score (nSPS) is 10.9. The van der Waals surface area contributed by atoms with Crippen LogP contribution < -0.4 is 20.7 Å². The molecule has 0 saturated carbocycles. The second-order valence-electron chi connectivity index (χ2n) is 6.73. The molecule has 1 heterocycles. The van der Waals surface area contributed by atoms with Crippen molar-refractivity contribution in [3.63, 3.8) is 0 Å². The molecular weight excluding hydrogens is 461 g/mol. The number of halogens is 4. The second kappa shape index (κ2) is 10.2. The minimum absolute atomic E-state index is 0.0607. The summed E-state index contributed by atoms with van der Waals surface area (Å²) >= 11 is 5.58. The zero-order valence-electron chi connectivity index (χ0n) is 17.2. The Balaban J connectivity index is 1.60. The molecule has 0 aliphatic rings. The van der Waals surface area contributed by atoms with Crippen molar-refractivity contribution in [1.82, 2.24) is 10.3 Å². The van der Waals surface area contributed by atoms with Crippen LogP contribution in [0.5, 0.6) is 11.5 Å². The maximum Gasteiger partial charge on any atom is 0.417 e. The van der Waals surface area contributed by atoms with Gasteiger partial charge >= 0.3 is 12.2 Å². The number of hydrogen-bond acceptors (Lipinski definition) is 4. The molecule has 0 spiro atoms. The lowest BCUT2D eigenvalue weighted by Gasteiger charge is -2.12. The van der Waals surface area contributed by atoms with Crippen LogP contribution in [-0.4, -0.2) is 24.0 Å². The smallest absolute Gasteiger partial charge is 0.417 e. The van der Waals surface area contributed by atoms with Gasteiger partial charge in [0, 0.05) is 30.7 Å². The van der Waals surface area contributed by atoms with Crippen LogP contribution in [0.4, 0.5) is 29.3 Å². The zero-order chi connectivity index (χ0) is 24.0. The average molecular weight is 479 g/mol. The number of amides is 3. The quantitative estimate of drug-likeness (QED) is 0.437. The number of carbonyl (C=O) groups excluding carboxylic acids is 2. The summed E-state index contributed by atoms with van der Waals surface area (Å²) in [7, 11) is 1.54. The van der Waals surface area contributed by atoms with E-state index in [1.807, 2.05) is 0 Å². The van der Waals surface area contributed by atoms with Gasteiger partial charge in [-0.15, -0.1) is 0 Å². The van der Waals surface area contributed by atoms with Gasteiger partial charge in [0.15, 0.2) is 0 Å². The third-order valence-electron chi connectivity index (χ3n) is 4.29. The maximum absolute atomic E-state index is 13.0. The van der Waals surface area contributed by atoms with Crippen LogP contribution in [0.3, 0.4) is 0 Å². The third-order valence-corrected chi connectivity index (χ3v) is 4.62. The van der Waals surface area contributed by atoms with Crippen LogP contribution in [-0.2, 0) is 17.4 Å². The van der Waals surface area contributed by atoms with E-state index in [-0.39, 0.29) is 18.0 Å². The van der Waals surface area contributed by atoms with Gasteiger partial charge in [-0.1, -0.05) is 11.6 Å². The SMILES string of the molecule is CNC(=O)Cc1cc(Oc2ccc(NC(=O)Nc3ccc(Cl)c(C(F)(F)F)c3)cc2)ccn1. The lowest BCUT2D eigenvalue weighted by molar-refractivity contribution is -0.137. The van der Waals surface area contributed by atoms with Crippen molar-refractivity contribution in [1.29, 1.82) is 0 Å². The summed E-state index contributed by atoms with van der Waals surface area (Å²) in [6.45, 7) is 0. The molecule has 0 saturated heterocycles. The van der Waals surface area contributed by atoms with E-state index < -0.39 is 22.8 Å². The number of ether oxygens (including phenoxy) is 1. The molecular formula is C22H18ClF3N4O3. The van der Waals surface area contributed by atoms with Crippen molar-refractivity contribution in [2.24, 2.45) is 0 Å². The summed E-state index contributed by atoms with van der Waals surface area (Å²) < 4.78 is 44.6. The summed E-state index contributed by atoms with van der Waals surface area (Å²) in [5.41, 5.74) is -0.176. The van der Waals surface area contributed by atoms with Gasteiger partial charge in [0.25, 0.3) is 0 Å². The van der Waals surface area contributed by atoms with Crippen LogP contribution >= 0.6 is 11.6 Å². The first kappa shape index (κ1) is 23.9. The van der Waals surface area contributed by atoms with Crippen LogP contribution in [0.25, 0.3) is 0 Å². The number of nitrogens with one attached hydrogen (secondary N) is 3. The van der Waals surface area contributed by atoms with E-state index in [2.05, 4.69) is 20.9 Å². The highest BCUT2D eigenvalue weighted by molar-refractivity contribution is 6.31. The minimum Gasteiger partial charge on any atom is -0.457 e. The monoisotopic (exact) mass is 478 g/mol. The predicted molar refractivity (Wildman–Crippen MR) is 118 cm³/mol. The fraction of sp³-hybridized carbons (Fsp3) is 0.136. The highest BCUT2D eigenvalue weighted by Gasteiger charge is 2.33. The fourth-order valence-corrected chi connectivity index (χ4v) is 2.95. The molecule has 0 fully saturated rings. The van der Waals surface area contributed by atoms with Crippen LogP contribution in [0, 0.1) is 0 Å². The first-order valence-electron chi connectivity index (χ1n) is 9.52. The number of hydrogen-bond donors (Lipinski definition) is 3. The van der Waals surface area contributed by atoms with E-state index >= 15 is 0 Å². The number of rotatable bonds is 6. The van der Waals surface area contributed by atoms with E-state index in [9.17, 15) is 22.8 Å². The van der Waals surface area contributed by atoms with Crippen molar-refractivity contribution in [3.8, 4) is 11.5 Å². The number of benzene rings is 2. The predicted octanol–water partition coefficient (Wildman–Crippen LogP) is 5.48. The molecule has 1 aromatic heterocycles. The average Bonchev–Trinajstić information content (AvgIpc) is 2.76. The largest absolute Gasteiger partial charge is 0.457 e. The molecule has 3 amide bonds. The highest BCUT2D eigenvalue weighted by atomic mass is 35.5. The molecule has 7 nitrogen and oxygen atoms in total. The highest BCUT2D eigenvalue weighted by Crippen LogP contribution is 2.36. The Morgan fingerprint density at radius 1 is 0.970 bits per heavy atom. The molecule has 33 heavy (non-hydrogen) atoms. The van der Waals surface area contributed by atoms with Crippen LogP contribution in [0.2, 0.25) is 5.02 Å². The molecule has 0 unspecified atom stereocenters. The summed E-state index contributed by atoms with van der Waals surface area (Å²) in [6.07, 6.45) is -3.00. The van der Waals surface area contributed by atoms with Crippen molar-refractivity contribution in [2.75, 3.05) is 17.7 Å². The molecule has 0 radical (unpaired) electrons. The van der Waals surface area contributed by atoms with Crippen molar-refractivity contribution >= 4 is 34.9 Å². The molecule has 3 aromatic rings. The van der Waals surface area contributed by atoms with Crippen molar-refractivity contribution < 1.29 is 27.5 Å². The van der Waals surface area contributed by atoms with E-state index in [0.717, 1.165) is 12.1 Å². The summed E-state index contributed by atoms with van der Waals surface area (Å²) in [4.78, 5) is 27.7. The van der Waals surface area contributed by atoms with Crippen molar-refractivity contribution in [2.45, 2.75) is 12.6 Å². The summed E-state index contributed by atoms with van der Waals surface area (Å²) in [5, 5.41) is 6.91. The van der Waals surface area contributed by atoms with Gasteiger partial charge in [-0.25, -0.2) is 4.79 Å². The van der Waals surface area contributed by atoms with E-state index in [1.54, 1.807) is 36.4 Å². The van der Waals surface area contributed by atoms with E-state index in [0.29, 0.717) is 22.9 Å². The molecule has 0 aliphatic heterocycles. The Labute approximate surface area is 191 Å². The molecule has 3 N–H and O–H groups in total. The number of alkyl halides is 3. The molecule has 0 aliphatic carbocycles. The first-order chi connectivity index (χ1) is 15.6. The Hall–Kier alpha value is -3.79. The molecule has 0 atom stereocenters. The molecule has 172 valence electrons. The van der Waals surface area contributed by atoms with Crippen LogP contribution in [0.1, 0.15) is 11.3 Å². The second-order valence-corrected chi connectivity index (χ2v) is 7.14. The van der Waals surface area contributed by atoms with E-state index in [1.165, 1.54) is 19.3 Å². The summed E-state index contributed by atoms with van der Waals surface area (Å²) in [6, 6.07) is 11.9. The lowest BCUT2D eigenvalue weighted by Crippen LogP contribution is -2.20. The summed E-state index contributed by atoms with van der Waals surface area (Å²) in [5.74, 6) is 0.762. The number of nitrogens with zero attached hydrogens (tertiary/aromatic N) is 1. The Bertz CT molecular complexity index is 1150. The number of urea groups is 1. The van der Waals surface area contributed by atoms with Gasteiger partial charge in [-0.2, -0.15) is 13.2 Å². The minimum atomic E-state index is -4.64. The molecule has 0 bridgehead atoms. The standard InChI is InChI=1S/C22H18ClF3N4O3/c1-27-20(31)12-15-10-17(8-9-28-15)33-16-5-2-13(3-6-16)29-21(32)30-14-4-7-19(23)18(11-14)22(24,25)26/h2-11H,12H2,1H3,(H,27,31)(H2,29,30,32). The Morgan fingerprint density at radius 3 is 2.30 bits per heavy atom. The topological polar surface area (TPSA) is 92.4 Å². The number of anilines is 2. The number of carbonyl (C=O) groups is 2. The number of aromatic nitrogens is 1. The number of likely N-dealkylation sites (N-methyl/N-ethyl adjacent to an activating group) is 1. The maximum atomic E-state index is 13.0. The van der Waals surface area contributed by atoms with Gasteiger partial charge in [0.05, 0.1) is 22.7 Å². The molecule has 2 aromatic carbocycles. The third kappa shape index (κ3) is 6.84. The zero-order valence-corrected chi connectivity index (χ0v) is 17.9. The molecule has 11 heteroatoms. The Kier molecular flexibility index (Phi) is 7.39.